The van der Waals surface area contributed by atoms with E-state index >= 15 is 0 Å². The van der Waals surface area contributed by atoms with E-state index in [0.29, 0.717) is 13.0 Å². The first-order valence-corrected chi connectivity index (χ1v) is 8.86. The van der Waals surface area contributed by atoms with Crippen LogP contribution in [0.3, 0.4) is 0 Å². The van der Waals surface area contributed by atoms with Gasteiger partial charge < -0.3 is 4.74 Å². The Morgan fingerprint density at radius 3 is 2.52 bits per heavy atom. The molecule has 0 unspecified atom stereocenters. The molecule has 0 bridgehead atoms. The normalized spacial score (nSPS) is 21.1. The summed E-state index contributed by atoms with van der Waals surface area (Å²) in [4.78, 5) is 14.3. The highest BCUT2D eigenvalue weighted by Crippen LogP contribution is 2.40. The fourth-order valence-electron chi connectivity index (χ4n) is 3.18. The molecule has 130 valence electrons. The molecule has 2 aromatic rings. The van der Waals surface area contributed by atoms with Gasteiger partial charge in [0.25, 0.3) is 0 Å². The first-order valence-electron chi connectivity index (χ1n) is 8.07. The van der Waals surface area contributed by atoms with Crippen molar-refractivity contribution >= 4 is 22.0 Å². The Morgan fingerprint density at radius 2 is 1.92 bits per heavy atom. The molecule has 3 rings (SSSR count). The van der Waals surface area contributed by atoms with Crippen molar-refractivity contribution in [3.63, 3.8) is 0 Å². The molecule has 0 spiro atoms. The number of carbonyl (C=O) groups is 1. The third-order valence-electron chi connectivity index (χ3n) is 4.61. The van der Waals surface area contributed by atoms with Crippen molar-refractivity contribution in [2.24, 2.45) is 0 Å². The van der Waals surface area contributed by atoms with Crippen LogP contribution in [-0.2, 0) is 10.3 Å². The Bertz CT molecular complexity index is 775. The lowest BCUT2D eigenvalue weighted by atomic mass is 9.90. The molecule has 3 nitrogen and oxygen atoms in total. The Morgan fingerprint density at radius 1 is 1.28 bits per heavy atom. The molecule has 0 saturated carbocycles. The van der Waals surface area contributed by atoms with Gasteiger partial charge in [-0.15, -0.1) is 6.58 Å². The number of benzene rings is 2. The van der Waals surface area contributed by atoms with Crippen molar-refractivity contribution in [3.05, 3.63) is 82.6 Å². The Hall–Kier alpha value is -2.14. The van der Waals surface area contributed by atoms with E-state index in [1.165, 1.54) is 12.1 Å². The summed E-state index contributed by atoms with van der Waals surface area (Å²) < 4.78 is 20.0. The van der Waals surface area contributed by atoms with Crippen LogP contribution < -0.4 is 0 Å². The van der Waals surface area contributed by atoms with Crippen LogP contribution in [0.15, 0.2) is 65.7 Å². The van der Waals surface area contributed by atoms with Gasteiger partial charge in [0.1, 0.15) is 5.82 Å². The van der Waals surface area contributed by atoms with Crippen molar-refractivity contribution in [3.8, 4) is 0 Å². The van der Waals surface area contributed by atoms with E-state index in [1.807, 2.05) is 31.2 Å². The van der Waals surface area contributed by atoms with E-state index in [1.54, 1.807) is 23.1 Å². The first-order chi connectivity index (χ1) is 11.9. The van der Waals surface area contributed by atoms with Gasteiger partial charge in [0.05, 0.1) is 12.6 Å². The topological polar surface area (TPSA) is 29.5 Å². The maximum atomic E-state index is 13.3. The predicted octanol–water partition coefficient (Wildman–Crippen LogP) is 5.57. The third-order valence-corrected chi connectivity index (χ3v) is 5.14. The second-order valence-electron chi connectivity index (χ2n) is 6.22. The Labute approximate surface area is 155 Å². The molecule has 1 fully saturated rings. The van der Waals surface area contributed by atoms with Crippen molar-refractivity contribution in [1.29, 1.82) is 0 Å². The SMILES string of the molecule is C=CC[C@]1(c2ccc(F)cc2)CN([C@@H](C)c2ccc(Br)cc2)C(=O)O1. The second-order valence-corrected chi connectivity index (χ2v) is 7.13. The van der Waals surface area contributed by atoms with Crippen LogP contribution in [0.5, 0.6) is 0 Å². The minimum absolute atomic E-state index is 0.132. The number of hydrogen-bond donors (Lipinski definition) is 0. The van der Waals surface area contributed by atoms with E-state index in [2.05, 4.69) is 22.5 Å². The second kappa shape index (κ2) is 7.00. The summed E-state index contributed by atoms with van der Waals surface area (Å²) in [6, 6.07) is 13.8. The highest BCUT2D eigenvalue weighted by atomic mass is 79.9. The molecule has 1 saturated heterocycles. The average Bonchev–Trinajstić information content (AvgIpc) is 2.93. The van der Waals surface area contributed by atoms with Gasteiger partial charge in [-0.1, -0.05) is 46.3 Å². The summed E-state index contributed by atoms with van der Waals surface area (Å²) in [5.41, 5.74) is 0.956. The number of ether oxygens (including phenoxy) is 1. The largest absolute Gasteiger partial charge is 0.436 e. The van der Waals surface area contributed by atoms with Crippen molar-refractivity contribution in [2.75, 3.05) is 6.54 Å². The fraction of sp³-hybridized carbons (Fsp3) is 0.250. The number of carbonyl (C=O) groups excluding carboxylic acids is 1. The summed E-state index contributed by atoms with van der Waals surface area (Å²) in [7, 11) is 0. The molecule has 0 aromatic heterocycles. The van der Waals surface area contributed by atoms with Gasteiger partial charge >= 0.3 is 6.09 Å². The Kier molecular flexibility index (Phi) is 4.95. The van der Waals surface area contributed by atoms with Crippen molar-refractivity contribution in [2.45, 2.75) is 25.0 Å². The molecule has 0 radical (unpaired) electrons. The molecule has 1 heterocycles. The predicted molar refractivity (Wildman–Crippen MR) is 98.6 cm³/mol. The zero-order chi connectivity index (χ0) is 18.0. The van der Waals surface area contributed by atoms with Crippen LogP contribution in [-0.4, -0.2) is 17.5 Å². The molecule has 0 aliphatic carbocycles. The minimum Gasteiger partial charge on any atom is -0.436 e. The monoisotopic (exact) mass is 403 g/mol. The van der Waals surface area contributed by atoms with E-state index in [0.717, 1.165) is 15.6 Å². The highest BCUT2D eigenvalue weighted by molar-refractivity contribution is 9.10. The standard InChI is InChI=1S/C20H19BrFNO2/c1-3-12-20(16-6-10-18(22)11-7-16)13-23(19(24)25-20)14(2)15-4-8-17(21)9-5-15/h3-11,14H,1,12-13H2,2H3/t14-,20+/m0/s1. The Balaban J connectivity index is 1.91. The molecule has 1 aliphatic rings. The van der Waals surface area contributed by atoms with Crippen LogP contribution in [0.1, 0.15) is 30.5 Å². The summed E-state index contributed by atoms with van der Waals surface area (Å²) in [6.07, 6.45) is 1.82. The maximum Gasteiger partial charge on any atom is 0.411 e. The lowest BCUT2D eigenvalue weighted by molar-refractivity contribution is 0.0568. The van der Waals surface area contributed by atoms with Crippen molar-refractivity contribution in [1.82, 2.24) is 4.90 Å². The zero-order valence-corrected chi connectivity index (χ0v) is 15.5. The van der Waals surface area contributed by atoms with Crippen molar-refractivity contribution < 1.29 is 13.9 Å². The van der Waals surface area contributed by atoms with E-state index in [-0.39, 0.29) is 18.0 Å². The van der Waals surface area contributed by atoms with Gasteiger partial charge in [0, 0.05) is 10.9 Å². The molecule has 25 heavy (non-hydrogen) atoms. The molecule has 1 amide bonds. The van der Waals surface area contributed by atoms with Crippen LogP contribution >= 0.6 is 15.9 Å². The first kappa shape index (κ1) is 17.7. The van der Waals surface area contributed by atoms with Gasteiger partial charge in [-0.2, -0.15) is 0 Å². The molecule has 2 atom stereocenters. The van der Waals surface area contributed by atoms with Crippen LogP contribution in [0.4, 0.5) is 9.18 Å². The third kappa shape index (κ3) is 3.47. The van der Waals surface area contributed by atoms with E-state index < -0.39 is 5.60 Å². The van der Waals surface area contributed by atoms with Crippen LogP contribution in [0.25, 0.3) is 0 Å². The molecular formula is C20H19BrFNO2. The van der Waals surface area contributed by atoms with Gasteiger partial charge in [-0.25, -0.2) is 9.18 Å². The quantitative estimate of drug-likeness (QED) is 0.610. The molecular weight excluding hydrogens is 385 g/mol. The van der Waals surface area contributed by atoms with Gasteiger partial charge in [-0.3, -0.25) is 4.90 Å². The van der Waals surface area contributed by atoms with E-state index in [4.69, 9.17) is 4.74 Å². The van der Waals surface area contributed by atoms with Crippen LogP contribution in [0.2, 0.25) is 0 Å². The van der Waals surface area contributed by atoms with Gasteiger partial charge in [0.2, 0.25) is 0 Å². The summed E-state index contributed by atoms with van der Waals surface area (Å²) >= 11 is 3.42. The van der Waals surface area contributed by atoms with Gasteiger partial charge in [0.15, 0.2) is 5.60 Å². The van der Waals surface area contributed by atoms with Crippen LogP contribution in [0, 0.1) is 5.82 Å². The minimum atomic E-state index is -0.837. The number of amides is 1. The molecule has 1 aliphatic heterocycles. The lowest BCUT2D eigenvalue weighted by Crippen LogP contribution is -2.33. The zero-order valence-electron chi connectivity index (χ0n) is 13.9. The summed E-state index contributed by atoms with van der Waals surface area (Å²) in [5, 5.41) is 0. The molecule has 5 heteroatoms. The highest BCUT2D eigenvalue weighted by Gasteiger charge is 2.47. The number of rotatable bonds is 5. The summed E-state index contributed by atoms with van der Waals surface area (Å²) in [6.45, 7) is 6.15. The van der Waals surface area contributed by atoms with Gasteiger partial charge in [-0.05, 0) is 42.3 Å². The maximum absolute atomic E-state index is 13.3. The number of cyclic esters (lactones) is 1. The fourth-order valence-corrected chi connectivity index (χ4v) is 3.44. The molecule has 0 N–H and O–H groups in total. The molecule has 2 aromatic carbocycles. The van der Waals surface area contributed by atoms with E-state index in [9.17, 15) is 9.18 Å². The smallest absolute Gasteiger partial charge is 0.411 e. The number of nitrogens with zero attached hydrogens (tertiary/aromatic N) is 1. The number of halogens is 2. The summed E-state index contributed by atoms with van der Waals surface area (Å²) in [5.74, 6) is -0.318. The average molecular weight is 404 g/mol. The lowest BCUT2D eigenvalue weighted by Gasteiger charge is -2.27. The number of hydrogen-bond acceptors (Lipinski definition) is 2.